The molecule has 0 radical (unpaired) electrons. The summed E-state index contributed by atoms with van der Waals surface area (Å²) in [6.07, 6.45) is 2.05. The van der Waals surface area contributed by atoms with Crippen LogP contribution in [0.4, 0.5) is 11.4 Å². The van der Waals surface area contributed by atoms with Crippen LogP contribution < -0.4 is 5.32 Å². The zero-order chi connectivity index (χ0) is 17.9. The lowest BCUT2D eigenvalue weighted by Crippen LogP contribution is -2.04. The monoisotopic (exact) mass is 346 g/mol. The number of hydrogen-bond acceptors (Lipinski definition) is 3. The normalized spacial score (nSPS) is 11.2. The van der Waals surface area contributed by atoms with E-state index in [0.29, 0.717) is 6.61 Å². The molecule has 0 spiro atoms. The van der Waals surface area contributed by atoms with Gasteiger partial charge in [-0.3, -0.25) is 4.68 Å². The molecule has 2 aromatic heterocycles. The van der Waals surface area contributed by atoms with E-state index in [1.807, 2.05) is 10.7 Å². The third kappa shape index (κ3) is 3.34. The summed E-state index contributed by atoms with van der Waals surface area (Å²) >= 11 is 0. The Hall–Kier alpha value is -3.05. The number of aryl methyl sites for hydroxylation is 1. The Labute approximate surface area is 152 Å². The van der Waals surface area contributed by atoms with E-state index in [4.69, 9.17) is 4.74 Å². The molecule has 0 bridgehead atoms. The van der Waals surface area contributed by atoms with Gasteiger partial charge in [-0.25, -0.2) is 0 Å². The van der Waals surface area contributed by atoms with Gasteiger partial charge in [0.05, 0.1) is 18.8 Å². The number of benzene rings is 2. The SMILES string of the molecule is COCCn1cc2cccc(Nc3ccc(-c4ccc(C)[nH]4)cc3)c2n1. The maximum Gasteiger partial charge on any atom is 0.116 e. The zero-order valence-electron chi connectivity index (χ0n) is 15.0. The van der Waals surface area contributed by atoms with Gasteiger partial charge in [0.15, 0.2) is 0 Å². The van der Waals surface area contributed by atoms with Crippen LogP contribution in [0.2, 0.25) is 0 Å². The Bertz CT molecular complexity index is 1010. The summed E-state index contributed by atoms with van der Waals surface area (Å²) in [4.78, 5) is 3.36. The van der Waals surface area contributed by atoms with Gasteiger partial charge in [0.25, 0.3) is 0 Å². The highest BCUT2D eigenvalue weighted by molar-refractivity contribution is 5.92. The van der Waals surface area contributed by atoms with E-state index in [9.17, 15) is 0 Å². The molecule has 26 heavy (non-hydrogen) atoms. The third-order valence-corrected chi connectivity index (χ3v) is 4.42. The van der Waals surface area contributed by atoms with Crippen molar-refractivity contribution in [3.05, 3.63) is 66.5 Å². The number of anilines is 2. The average Bonchev–Trinajstić information content (AvgIpc) is 3.27. The number of nitrogens with zero attached hydrogens (tertiary/aromatic N) is 2. The molecule has 0 fully saturated rings. The van der Waals surface area contributed by atoms with Crippen molar-refractivity contribution >= 4 is 22.3 Å². The van der Waals surface area contributed by atoms with Crippen LogP contribution in [0, 0.1) is 6.92 Å². The van der Waals surface area contributed by atoms with Crippen LogP contribution in [-0.2, 0) is 11.3 Å². The number of aromatic nitrogens is 3. The Balaban J connectivity index is 1.57. The highest BCUT2D eigenvalue weighted by atomic mass is 16.5. The lowest BCUT2D eigenvalue weighted by Gasteiger charge is -2.08. The van der Waals surface area contributed by atoms with E-state index in [1.54, 1.807) is 7.11 Å². The molecule has 0 aliphatic carbocycles. The molecule has 2 aromatic carbocycles. The first-order valence-electron chi connectivity index (χ1n) is 8.71. The van der Waals surface area contributed by atoms with Gasteiger partial charge >= 0.3 is 0 Å². The number of H-pyrrole nitrogens is 1. The van der Waals surface area contributed by atoms with Gasteiger partial charge in [-0.05, 0) is 42.8 Å². The minimum absolute atomic E-state index is 0.649. The van der Waals surface area contributed by atoms with Crippen molar-refractivity contribution in [2.75, 3.05) is 19.0 Å². The lowest BCUT2D eigenvalue weighted by atomic mass is 10.1. The van der Waals surface area contributed by atoms with Crippen molar-refractivity contribution in [3.63, 3.8) is 0 Å². The fourth-order valence-electron chi connectivity index (χ4n) is 3.06. The van der Waals surface area contributed by atoms with E-state index in [0.717, 1.165) is 40.2 Å². The van der Waals surface area contributed by atoms with Gasteiger partial charge in [0.1, 0.15) is 5.52 Å². The van der Waals surface area contributed by atoms with Crippen molar-refractivity contribution in [2.24, 2.45) is 0 Å². The maximum absolute atomic E-state index is 5.14. The topological polar surface area (TPSA) is 54.9 Å². The van der Waals surface area contributed by atoms with Crippen LogP contribution in [0.5, 0.6) is 0 Å². The predicted octanol–water partition coefficient (Wildman–Crippen LogP) is 4.73. The van der Waals surface area contributed by atoms with E-state index >= 15 is 0 Å². The number of nitrogens with one attached hydrogen (secondary N) is 2. The van der Waals surface area contributed by atoms with E-state index in [-0.39, 0.29) is 0 Å². The van der Waals surface area contributed by atoms with Crippen LogP contribution in [0.1, 0.15) is 5.69 Å². The molecule has 4 aromatic rings. The molecule has 5 heteroatoms. The summed E-state index contributed by atoms with van der Waals surface area (Å²) < 4.78 is 7.06. The Morgan fingerprint density at radius 3 is 2.65 bits per heavy atom. The van der Waals surface area contributed by atoms with E-state index in [1.165, 1.54) is 5.56 Å². The van der Waals surface area contributed by atoms with Crippen LogP contribution in [0.15, 0.2) is 60.8 Å². The first kappa shape index (κ1) is 16.4. The van der Waals surface area contributed by atoms with Gasteiger partial charge in [0.2, 0.25) is 0 Å². The number of fused-ring (bicyclic) bond motifs is 1. The van der Waals surface area contributed by atoms with Crippen molar-refractivity contribution in [1.29, 1.82) is 0 Å². The molecule has 0 unspecified atom stereocenters. The Morgan fingerprint density at radius 1 is 1.08 bits per heavy atom. The molecule has 2 N–H and O–H groups in total. The molecule has 0 atom stereocenters. The number of rotatable bonds is 6. The third-order valence-electron chi connectivity index (χ3n) is 4.42. The van der Waals surface area contributed by atoms with Crippen molar-refractivity contribution in [3.8, 4) is 11.3 Å². The summed E-state index contributed by atoms with van der Waals surface area (Å²) in [6, 6.07) is 18.8. The molecule has 4 rings (SSSR count). The van der Waals surface area contributed by atoms with Gasteiger partial charge in [-0.1, -0.05) is 24.3 Å². The molecule has 2 heterocycles. The zero-order valence-corrected chi connectivity index (χ0v) is 15.0. The van der Waals surface area contributed by atoms with Gasteiger partial charge in [-0.2, -0.15) is 5.10 Å². The van der Waals surface area contributed by atoms with Crippen LogP contribution >= 0.6 is 0 Å². The second-order valence-corrected chi connectivity index (χ2v) is 6.39. The Kier molecular flexibility index (Phi) is 4.46. The molecule has 132 valence electrons. The number of methoxy groups -OCH3 is 1. The first-order valence-corrected chi connectivity index (χ1v) is 8.71. The number of hydrogen-bond donors (Lipinski definition) is 2. The maximum atomic E-state index is 5.14. The van der Waals surface area contributed by atoms with Gasteiger partial charge < -0.3 is 15.0 Å². The molecular weight excluding hydrogens is 324 g/mol. The number of aromatic amines is 1. The Morgan fingerprint density at radius 2 is 1.92 bits per heavy atom. The predicted molar refractivity (Wildman–Crippen MR) is 106 cm³/mol. The lowest BCUT2D eigenvalue weighted by molar-refractivity contribution is 0.184. The standard InChI is InChI=1S/C21H22N4O/c1-15-6-11-19(22-15)16-7-9-18(10-8-16)23-20-5-3-4-17-14-25(12-13-26-2)24-21(17)20/h3-11,14,22-23H,12-13H2,1-2H3. The van der Waals surface area contributed by atoms with Crippen molar-refractivity contribution in [2.45, 2.75) is 13.5 Å². The van der Waals surface area contributed by atoms with Crippen LogP contribution in [0.3, 0.4) is 0 Å². The fraction of sp³-hybridized carbons (Fsp3) is 0.190. The highest BCUT2D eigenvalue weighted by Crippen LogP contribution is 2.27. The molecule has 0 aliphatic rings. The van der Waals surface area contributed by atoms with Gasteiger partial charge in [-0.15, -0.1) is 0 Å². The molecule has 0 aliphatic heterocycles. The summed E-state index contributed by atoms with van der Waals surface area (Å²) in [5.41, 5.74) is 6.47. The molecule has 5 nitrogen and oxygen atoms in total. The quantitative estimate of drug-likeness (QED) is 0.531. The highest BCUT2D eigenvalue weighted by Gasteiger charge is 2.07. The second-order valence-electron chi connectivity index (χ2n) is 6.39. The average molecular weight is 346 g/mol. The smallest absolute Gasteiger partial charge is 0.116 e. The van der Waals surface area contributed by atoms with E-state index < -0.39 is 0 Å². The number of ether oxygens (including phenoxy) is 1. The minimum atomic E-state index is 0.649. The second kappa shape index (κ2) is 7.06. The molecular formula is C21H22N4O. The fourth-order valence-corrected chi connectivity index (χ4v) is 3.06. The largest absolute Gasteiger partial charge is 0.383 e. The molecule has 0 amide bonds. The van der Waals surface area contributed by atoms with Gasteiger partial charge in [0, 0.05) is 35.8 Å². The summed E-state index contributed by atoms with van der Waals surface area (Å²) in [5, 5.41) is 9.28. The van der Waals surface area contributed by atoms with E-state index in [2.05, 4.69) is 77.1 Å². The van der Waals surface area contributed by atoms with Crippen molar-refractivity contribution < 1.29 is 4.74 Å². The summed E-state index contributed by atoms with van der Waals surface area (Å²) in [7, 11) is 1.70. The minimum Gasteiger partial charge on any atom is -0.383 e. The summed E-state index contributed by atoms with van der Waals surface area (Å²) in [6.45, 7) is 3.46. The van der Waals surface area contributed by atoms with Crippen LogP contribution in [0.25, 0.3) is 22.2 Å². The van der Waals surface area contributed by atoms with Crippen molar-refractivity contribution in [1.82, 2.24) is 14.8 Å². The summed E-state index contributed by atoms with van der Waals surface area (Å²) in [5.74, 6) is 0. The molecule has 0 saturated heterocycles. The first-order chi connectivity index (χ1) is 12.7. The molecule has 0 saturated carbocycles. The van der Waals surface area contributed by atoms with Crippen LogP contribution in [-0.4, -0.2) is 28.5 Å².